The van der Waals surface area contributed by atoms with Gasteiger partial charge in [-0.3, -0.25) is 0 Å². The standard InChI is InChI=1S/C11H15F3N2O/c1-7(17)6-16(2)10-4-3-8(15)5-9(10)11(12,13)14/h3-5,7,17H,6,15H2,1-2H3. The van der Waals surface area contributed by atoms with E-state index in [-0.39, 0.29) is 17.9 Å². The van der Waals surface area contributed by atoms with E-state index in [0.29, 0.717) is 0 Å². The maximum absolute atomic E-state index is 12.8. The summed E-state index contributed by atoms with van der Waals surface area (Å²) in [6.45, 7) is 1.63. The molecule has 0 spiro atoms. The second-order valence-electron chi connectivity index (χ2n) is 4.00. The van der Waals surface area contributed by atoms with Gasteiger partial charge in [0.2, 0.25) is 0 Å². The molecule has 0 aromatic heterocycles. The Morgan fingerprint density at radius 3 is 2.47 bits per heavy atom. The number of anilines is 2. The van der Waals surface area contributed by atoms with Crippen LogP contribution in [0.25, 0.3) is 0 Å². The highest BCUT2D eigenvalue weighted by molar-refractivity contribution is 5.60. The molecule has 0 amide bonds. The van der Waals surface area contributed by atoms with Gasteiger partial charge in [-0.1, -0.05) is 0 Å². The Balaban J connectivity index is 3.15. The van der Waals surface area contributed by atoms with Crippen LogP contribution in [-0.4, -0.2) is 24.8 Å². The van der Waals surface area contributed by atoms with Crippen molar-refractivity contribution in [2.24, 2.45) is 0 Å². The lowest BCUT2D eigenvalue weighted by Gasteiger charge is -2.24. The van der Waals surface area contributed by atoms with Crippen molar-refractivity contribution in [3.8, 4) is 0 Å². The highest BCUT2D eigenvalue weighted by Crippen LogP contribution is 2.37. The molecule has 17 heavy (non-hydrogen) atoms. The molecule has 0 saturated carbocycles. The zero-order chi connectivity index (χ0) is 13.2. The molecular formula is C11H15F3N2O. The van der Waals surface area contributed by atoms with Crippen molar-refractivity contribution in [2.75, 3.05) is 24.2 Å². The maximum atomic E-state index is 12.8. The Hall–Kier alpha value is -1.43. The van der Waals surface area contributed by atoms with Crippen molar-refractivity contribution in [1.29, 1.82) is 0 Å². The molecule has 0 bridgehead atoms. The summed E-state index contributed by atoms with van der Waals surface area (Å²) >= 11 is 0. The fourth-order valence-electron chi connectivity index (χ4n) is 1.61. The summed E-state index contributed by atoms with van der Waals surface area (Å²) in [6.07, 6.45) is -5.17. The minimum atomic E-state index is -4.46. The van der Waals surface area contributed by atoms with Crippen molar-refractivity contribution >= 4 is 11.4 Å². The number of halogens is 3. The molecule has 0 aliphatic rings. The summed E-state index contributed by atoms with van der Waals surface area (Å²) < 4.78 is 38.3. The molecule has 0 heterocycles. The SMILES string of the molecule is CC(O)CN(C)c1ccc(N)cc1C(F)(F)F. The third-order valence-electron chi connectivity index (χ3n) is 2.28. The number of benzene rings is 1. The Morgan fingerprint density at radius 1 is 1.41 bits per heavy atom. The summed E-state index contributed by atoms with van der Waals surface area (Å²) in [6, 6.07) is 3.61. The van der Waals surface area contributed by atoms with Gasteiger partial charge in [-0.25, -0.2) is 0 Å². The first-order valence-corrected chi connectivity index (χ1v) is 5.07. The third kappa shape index (κ3) is 3.52. The molecule has 96 valence electrons. The summed E-state index contributed by atoms with van der Waals surface area (Å²) in [4.78, 5) is 1.35. The number of likely N-dealkylation sites (N-methyl/N-ethyl adjacent to an activating group) is 1. The molecule has 3 nitrogen and oxygen atoms in total. The molecule has 0 radical (unpaired) electrons. The van der Waals surface area contributed by atoms with Crippen molar-refractivity contribution in [3.05, 3.63) is 23.8 Å². The van der Waals surface area contributed by atoms with Gasteiger partial charge in [-0.2, -0.15) is 13.2 Å². The number of alkyl halides is 3. The summed E-state index contributed by atoms with van der Waals surface area (Å²) in [5, 5.41) is 9.18. The van der Waals surface area contributed by atoms with Crippen molar-refractivity contribution in [3.63, 3.8) is 0 Å². The number of hydrogen-bond acceptors (Lipinski definition) is 3. The van der Waals surface area contributed by atoms with Crippen molar-refractivity contribution < 1.29 is 18.3 Å². The van der Waals surface area contributed by atoms with Gasteiger partial charge in [-0.15, -0.1) is 0 Å². The normalized spacial score (nSPS) is 13.5. The Morgan fingerprint density at radius 2 is 2.00 bits per heavy atom. The molecule has 1 unspecified atom stereocenters. The number of aliphatic hydroxyl groups is 1. The highest BCUT2D eigenvalue weighted by atomic mass is 19.4. The topological polar surface area (TPSA) is 49.5 Å². The monoisotopic (exact) mass is 248 g/mol. The second kappa shape index (κ2) is 4.83. The molecule has 1 atom stereocenters. The zero-order valence-corrected chi connectivity index (χ0v) is 9.62. The van der Waals surface area contributed by atoms with Gasteiger partial charge < -0.3 is 15.7 Å². The first kappa shape index (κ1) is 13.6. The number of nitrogens with zero attached hydrogens (tertiary/aromatic N) is 1. The van der Waals surface area contributed by atoms with Crippen LogP contribution < -0.4 is 10.6 Å². The summed E-state index contributed by atoms with van der Waals surface area (Å²) in [5.74, 6) is 0. The van der Waals surface area contributed by atoms with Crippen LogP contribution in [0.15, 0.2) is 18.2 Å². The van der Waals surface area contributed by atoms with E-state index < -0.39 is 17.8 Å². The first-order chi connectivity index (χ1) is 7.71. The van der Waals surface area contributed by atoms with Crippen LogP contribution >= 0.6 is 0 Å². The van der Waals surface area contributed by atoms with Gasteiger partial charge in [0.25, 0.3) is 0 Å². The van der Waals surface area contributed by atoms with Crippen LogP contribution in [0.4, 0.5) is 24.5 Å². The van der Waals surface area contributed by atoms with Gasteiger partial charge in [0.15, 0.2) is 0 Å². The van der Waals surface area contributed by atoms with E-state index >= 15 is 0 Å². The number of rotatable bonds is 3. The molecule has 1 aromatic carbocycles. The van der Waals surface area contributed by atoms with Crippen LogP contribution in [0.2, 0.25) is 0 Å². The first-order valence-electron chi connectivity index (χ1n) is 5.07. The lowest BCUT2D eigenvalue weighted by Crippen LogP contribution is -2.28. The lowest BCUT2D eigenvalue weighted by molar-refractivity contribution is -0.137. The van der Waals surface area contributed by atoms with E-state index in [1.807, 2.05) is 0 Å². The van der Waals surface area contributed by atoms with Gasteiger partial charge >= 0.3 is 6.18 Å². The predicted molar refractivity (Wildman–Crippen MR) is 60.8 cm³/mol. The highest BCUT2D eigenvalue weighted by Gasteiger charge is 2.34. The third-order valence-corrected chi connectivity index (χ3v) is 2.28. The van der Waals surface area contributed by atoms with Crippen LogP contribution in [0.1, 0.15) is 12.5 Å². The average Bonchev–Trinajstić information content (AvgIpc) is 2.14. The van der Waals surface area contributed by atoms with Crippen LogP contribution in [-0.2, 0) is 6.18 Å². The fourth-order valence-corrected chi connectivity index (χ4v) is 1.61. The van der Waals surface area contributed by atoms with Crippen LogP contribution in [0.5, 0.6) is 0 Å². The molecular weight excluding hydrogens is 233 g/mol. The Kier molecular flexibility index (Phi) is 3.87. The second-order valence-corrected chi connectivity index (χ2v) is 4.00. The quantitative estimate of drug-likeness (QED) is 0.805. The minimum Gasteiger partial charge on any atom is -0.399 e. The van der Waals surface area contributed by atoms with Gasteiger partial charge in [0.05, 0.1) is 11.7 Å². The lowest BCUT2D eigenvalue weighted by atomic mass is 10.1. The summed E-state index contributed by atoms with van der Waals surface area (Å²) in [7, 11) is 1.49. The van der Waals surface area contributed by atoms with Gasteiger partial charge in [-0.05, 0) is 25.1 Å². The molecule has 0 aliphatic carbocycles. The Labute approximate surface area is 97.6 Å². The molecule has 0 aliphatic heterocycles. The molecule has 6 heteroatoms. The number of nitrogens with two attached hydrogens (primary N) is 1. The molecule has 1 rings (SSSR count). The number of aliphatic hydroxyl groups excluding tert-OH is 1. The summed E-state index contributed by atoms with van der Waals surface area (Å²) in [5.41, 5.74) is 4.64. The van der Waals surface area contributed by atoms with E-state index in [1.165, 1.54) is 31.0 Å². The Bertz CT molecular complexity index is 391. The van der Waals surface area contributed by atoms with Crippen molar-refractivity contribution in [1.82, 2.24) is 0 Å². The number of nitrogen functional groups attached to an aromatic ring is 1. The largest absolute Gasteiger partial charge is 0.418 e. The average molecular weight is 248 g/mol. The smallest absolute Gasteiger partial charge is 0.399 e. The molecule has 0 saturated heterocycles. The fraction of sp³-hybridized carbons (Fsp3) is 0.455. The van der Waals surface area contributed by atoms with E-state index in [0.717, 1.165) is 6.07 Å². The van der Waals surface area contributed by atoms with Crippen molar-refractivity contribution in [2.45, 2.75) is 19.2 Å². The number of hydrogen-bond donors (Lipinski definition) is 2. The van der Waals surface area contributed by atoms with Gasteiger partial charge in [0.1, 0.15) is 0 Å². The zero-order valence-electron chi connectivity index (χ0n) is 9.62. The molecule has 3 N–H and O–H groups in total. The molecule has 0 fully saturated rings. The predicted octanol–water partition coefficient (Wildman–Crippen LogP) is 2.10. The van der Waals surface area contributed by atoms with Crippen LogP contribution in [0.3, 0.4) is 0 Å². The minimum absolute atomic E-state index is 0.00704. The van der Waals surface area contributed by atoms with E-state index in [9.17, 15) is 18.3 Å². The van der Waals surface area contributed by atoms with E-state index in [1.54, 1.807) is 0 Å². The van der Waals surface area contributed by atoms with Gasteiger partial charge in [0, 0.05) is 25.0 Å². The van der Waals surface area contributed by atoms with E-state index in [2.05, 4.69) is 0 Å². The maximum Gasteiger partial charge on any atom is 0.418 e. The molecule has 1 aromatic rings. The van der Waals surface area contributed by atoms with Crippen LogP contribution in [0, 0.1) is 0 Å². The van der Waals surface area contributed by atoms with E-state index in [4.69, 9.17) is 5.73 Å².